The smallest absolute Gasteiger partial charge is 0.229 e. The molecule has 1 aromatic carbocycles. The molecular weight excluding hydrogens is 354 g/mol. The van der Waals surface area contributed by atoms with Crippen molar-refractivity contribution in [3.8, 4) is 11.5 Å². The van der Waals surface area contributed by atoms with Gasteiger partial charge in [0.05, 0.1) is 13.7 Å². The van der Waals surface area contributed by atoms with Crippen molar-refractivity contribution in [2.45, 2.75) is 32.6 Å². The molecule has 0 unspecified atom stereocenters. The molecule has 1 saturated heterocycles. The Balaban J connectivity index is 1.60. The molecule has 1 aliphatic rings. The van der Waals surface area contributed by atoms with Gasteiger partial charge >= 0.3 is 0 Å². The van der Waals surface area contributed by atoms with Gasteiger partial charge in [0.25, 0.3) is 0 Å². The molecular formula is C21H31N5O2. The third-order valence-corrected chi connectivity index (χ3v) is 4.86. The van der Waals surface area contributed by atoms with Crippen LogP contribution in [0.2, 0.25) is 0 Å². The summed E-state index contributed by atoms with van der Waals surface area (Å²) < 4.78 is 11.5. The van der Waals surface area contributed by atoms with Gasteiger partial charge < -0.3 is 25.0 Å². The summed E-state index contributed by atoms with van der Waals surface area (Å²) in [6, 6.07) is 7.67. The van der Waals surface area contributed by atoms with Crippen LogP contribution in [0.3, 0.4) is 0 Å². The van der Waals surface area contributed by atoms with Crippen molar-refractivity contribution in [2.24, 2.45) is 0 Å². The Morgan fingerprint density at radius 3 is 2.64 bits per heavy atom. The Morgan fingerprint density at radius 2 is 1.89 bits per heavy atom. The van der Waals surface area contributed by atoms with Crippen LogP contribution >= 0.6 is 0 Å². The van der Waals surface area contributed by atoms with Gasteiger partial charge in [0.1, 0.15) is 5.82 Å². The Morgan fingerprint density at radius 1 is 1.07 bits per heavy atom. The number of aryl methyl sites for hydroxylation is 1. The first-order valence-corrected chi connectivity index (χ1v) is 10.0. The third kappa shape index (κ3) is 5.73. The average molecular weight is 386 g/mol. The summed E-state index contributed by atoms with van der Waals surface area (Å²) in [4.78, 5) is 11.4. The minimum absolute atomic E-state index is 0.547. The van der Waals surface area contributed by atoms with E-state index in [0.717, 1.165) is 41.7 Å². The van der Waals surface area contributed by atoms with Crippen LogP contribution in [0, 0.1) is 6.92 Å². The molecule has 0 aliphatic carbocycles. The van der Waals surface area contributed by atoms with E-state index < -0.39 is 0 Å². The number of aromatic nitrogens is 2. The summed E-state index contributed by atoms with van der Waals surface area (Å²) >= 11 is 0. The van der Waals surface area contributed by atoms with Crippen LogP contribution in [0.5, 0.6) is 11.5 Å². The van der Waals surface area contributed by atoms with Crippen molar-refractivity contribution in [1.29, 1.82) is 0 Å². The largest absolute Gasteiger partial charge is 0.493 e. The zero-order valence-corrected chi connectivity index (χ0v) is 17.1. The lowest BCUT2D eigenvalue weighted by Crippen LogP contribution is -2.31. The van der Waals surface area contributed by atoms with Gasteiger partial charge in [-0.2, -0.15) is 4.98 Å². The summed E-state index contributed by atoms with van der Waals surface area (Å²) in [6.45, 7) is 6.13. The topological polar surface area (TPSA) is 71.5 Å². The number of hydrogen-bond acceptors (Lipinski definition) is 7. The van der Waals surface area contributed by atoms with Crippen molar-refractivity contribution in [3.05, 3.63) is 30.0 Å². The van der Waals surface area contributed by atoms with Crippen LogP contribution in [0.4, 0.5) is 17.5 Å². The highest BCUT2D eigenvalue weighted by Gasteiger charge is 2.11. The van der Waals surface area contributed by atoms with Crippen LogP contribution in [0.15, 0.2) is 24.3 Å². The van der Waals surface area contributed by atoms with Gasteiger partial charge in [0.15, 0.2) is 11.5 Å². The normalized spacial score (nSPS) is 14.5. The van der Waals surface area contributed by atoms with Gasteiger partial charge in [-0.1, -0.05) is 6.42 Å². The highest BCUT2D eigenvalue weighted by atomic mass is 16.5. The van der Waals surface area contributed by atoms with Crippen molar-refractivity contribution in [1.82, 2.24) is 14.9 Å². The Hall–Kier alpha value is -2.54. The molecule has 0 amide bonds. The van der Waals surface area contributed by atoms with E-state index in [2.05, 4.69) is 25.5 Å². The fourth-order valence-electron chi connectivity index (χ4n) is 3.40. The molecule has 0 saturated carbocycles. The maximum Gasteiger partial charge on any atom is 0.229 e. The second-order valence-electron chi connectivity index (χ2n) is 7.06. The fourth-order valence-corrected chi connectivity index (χ4v) is 3.40. The number of methoxy groups -OCH3 is 1. The molecule has 0 bridgehead atoms. The summed E-state index contributed by atoms with van der Waals surface area (Å²) in [7, 11) is 3.50. The number of nitrogens with one attached hydrogen (secondary N) is 2. The minimum Gasteiger partial charge on any atom is -0.493 e. The van der Waals surface area contributed by atoms with Crippen LogP contribution in [-0.2, 0) is 0 Å². The molecule has 28 heavy (non-hydrogen) atoms. The zero-order valence-electron chi connectivity index (χ0n) is 17.1. The Bertz CT molecular complexity index is 762. The van der Waals surface area contributed by atoms with E-state index in [1.165, 1.54) is 32.4 Å². The molecule has 7 heteroatoms. The molecule has 0 atom stereocenters. The van der Waals surface area contributed by atoms with E-state index >= 15 is 0 Å². The number of rotatable bonds is 9. The van der Waals surface area contributed by atoms with E-state index in [9.17, 15) is 0 Å². The van der Waals surface area contributed by atoms with E-state index in [4.69, 9.17) is 9.47 Å². The van der Waals surface area contributed by atoms with E-state index in [0.29, 0.717) is 12.6 Å². The quantitative estimate of drug-likeness (QED) is 0.636. The first kappa shape index (κ1) is 20.2. The Labute approximate surface area is 167 Å². The summed E-state index contributed by atoms with van der Waals surface area (Å²) in [5.74, 6) is 2.78. The standard InChI is InChI=1S/C21H31N5O2/c1-16-14-20(22-2)25-21(23-16)24-17-8-9-18(27-3)19(15-17)28-13-7-12-26-10-5-4-6-11-26/h8-9,14-15H,4-7,10-13H2,1-3H3,(H2,22,23,24,25). The SMILES string of the molecule is CNc1cc(C)nc(Nc2ccc(OC)c(OCCCN3CCCCC3)c2)n1. The molecule has 2 N–H and O–H groups in total. The number of benzene rings is 1. The molecule has 1 fully saturated rings. The predicted octanol–water partition coefficient (Wildman–Crippen LogP) is 3.83. The molecule has 1 aromatic heterocycles. The second kappa shape index (κ2) is 10.1. The zero-order chi connectivity index (χ0) is 19.8. The monoisotopic (exact) mass is 385 g/mol. The van der Waals surface area contributed by atoms with Crippen molar-refractivity contribution in [2.75, 3.05) is 51.0 Å². The lowest BCUT2D eigenvalue weighted by atomic mass is 10.1. The van der Waals surface area contributed by atoms with Crippen molar-refractivity contribution >= 4 is 17.5 Å². The molecule has 2 aromatic rings. The number of nitrogens with zero attached hydrogens (tertiary/aromatic N) is 3. The van der Waals surface area contributed by atoms with Gasteiger partial charge in [-0.05, 0) is 51.4 Å². The van der Waals surface area contributed by atoms with Crippen molar-refractivity contribution < 1.29 is 9.47 Å². The number of hydrogen-bond donors (Lipinski definition) is 2. The summed E-state index contributed by atoms with van der Waals surface area (Å²) in [5, 5.41) is 6.29. The maximum absolute atomic E-state index is 6.02. The van der Waals surface area contributed by atoms with E-state index in [1.807, 2.05) is 38.2 Å². The van der Waals surface area contributed by atoms with Gasteiger partial charge in [-0.25, -0.2) is 4.98 Å². The van der Waals surface area contributed by atoms with Crippen molar-refractivity contribution in [3.63, 3.8) is 0 Å². The molecule has 0 radical (unpaired) electrons. The van der Waals surface area contributed by atoms with Crippen LogP contribution in [0.1, 0.15) is 31.4 Å². The lowest BCUT2D eigenvalue weighted by Gasteiger charge is -2.26. The molecule has 3 rings (SSSR count). The maximum atomic E-state index is 6.02. The van der Waals surface area contributed by atoms with Crippen LogP contribution in [0.25, 0.3) is 0 Å². The molecule has 0 spiro atoms. The molecule has 152 valence electrons. The second-order valence-corrected chi connectivity index (χ2v) is 7.06. The van der Waals surface area contributed by atoms with Gasteiger partial charge in [0, 0.05) is 37.1 Å². The lowest BCUT2D eigenvalue weighted by molar-refractivity contribution is 0.203. The highest BCUT2D eigenvalue weighted by Crippen LogP contribution is 2.31. The number of anilines is 3. The number of likely N-dealkylation sites (tertiary alicyclic amines) is 1. The first-order chi connectivity index (χ1) is 13.7. The predicted molar refractivity (Wildman–Crippen MR) is 113 cm³/mol. The average Bonchev–Trinajstić information content (AvgIpc) is 2.71. The Kier molecular flexibility index (Phi) is 7.31. The van der Waals surface area contributed by atoms with E-state index in [-0.39, 0.29) is 0 Å². The van der Waals surface area contributed by atoms with Gasteiger partial charge in [-0.3, -0.25) is 0 Å². The van der Waals surface area contributed by atoms with E-state index in [1.54, 1.807) is 7.11 Å². The third-order valence-electron chi connectivity index (χ3n) is 4.86. The van der Waals surface area contributed by atoms with Gasteiger partial charge in [0.2, 0.25) is 5.95 Å². The molecule has 1 aliphatic heterocycles. The van der Waals surface area contributed by atoms with Gasteiger partial charge in [-0.15, -0.1) is 0 Å². The minimum atomic E-state index is 0.547. The molecule has 2 heterocycles. The first-order valence-electron chi connectivity index (χ1n) is 10.0. The van der Waals surface area contributed by atoms with Crippen LogP contribution in [-0.4, -0.2) is 55.3 Å². The summed E-state index contributed by atoms with van der Waals surface area (Å²) in [6.07, 6.45) is 5.01. The summed E-state index contributed by atoms with van der Waals surface area (Å²) in [5.41, 5.74) is 1.75. The highest BCUT2D eigenvalue weighted by molar-refractivity contribution is 5.60. The molecule has 7 nitrogen and oxygen atoms in total. The number of piperidine rings is 1. The number of ether oxygens (including phenoxy) is 2. The fraction of sp³-hybridized carbons (Fsp3) is 0.524. The van der Waals surface area contributed by atoms with Crippen LogP contribution < -0.4 is 20.1 Å².